The van der Waals surface area contributed by atoms with Crippen molar-refractivity contribution in [2.45, 2.75) is 25.9 Å². The first-order chi connectivity index (χ1) is 15.5. The molecule has 5 nitrogen and oxygen atoms in total. The predicted octanol–water partition coefficient (Wildman–Crippen LogP) is 5.15. The van der Waals surface area contributed by atoms with Crippen molar-refractivity contribution in [2.24, 2.45) is 0 Å². The molecule has 1 saturated heterocycles. The monoisotopic (exact) mass is 431 g/mol. The summed E-state index contributed by atoms with van der Waals surface area (Å²) in [6.07, 6.45) is 0.814. The molecule has 1 heterocycles. The molecule has 164 valence electrons. The number of hydrogen-bond acceptors (Lipinski definition) is 2. The third-order valence-corrected chi connectivity index (χ3v) is 5.67. The summed E-state index contributed by atoms with van der Waals surface area (Å²) in [4.78, 5) is 29.4. The van der Waals surface area contributed by atoms with Gasteiger partial charge in [0.1, 0.15) is 5.82 Å². The van der Waals surface area contributed by atoms with Gasteiger partial charge in [0.2, 0.25) is 0 Å². The number of urea groups is 1. The third kappa shape index (κ3) is 4.97. The average molecular weight is 432 g/mol. The van der Waals surface area contributed by atoms with E-state index in [0.717, 1.165) is 17.5 Å². The molecule has 1 N–H and O–H groups in total. The second-order valence-electron chi connectivity index (χ2n) is 7.99. The van der Waals surface area contributed by atoms with Crippen LogP contribution in [0.1, 0.15) is 40.9 Å². The van der Waals surface area contributed by atoms with E-state index in [2.05, 4.69) is 5.32 Å². The molecule has 1 fully saturated rings. The molecule has 4 rings (SSSR count). The fraction of sp³-hybridized carbons (Fsp3) is 0.231. The first kappa shape index (κ1) is 21.6. The van der Waals surface area contributed by atoms with Gasteiger partial charge in [0, 0.05) is 30.9 Å². The molecule has 0 aromatic heterocycles. The maximum atomic E-state index is 13.2. The smallest absolute Gasteiger partial charge is 0.324 e. The Morgan fingerprint density at radius 3 is 2.50 bits per heavy atom. The maximum Gasteiger partial charge on any atom is 0.324 e. The largest absolute Gasteiger partial charge is 0.346 e. The topological polar surface area (TPSA) is 52.7 Å². The molecule has 1 aliphatic rings. The number of nitrogens with zero attached hydrogens (tertiary/aromatic N) is 2. The number of carbonyl (C=O) groups is 2. The molecule has 6 heteroatoms. The number of halogens is 1. The van der Waals surface area contributed by atoms with Crippen molar-refractivity contribution in [3.8, 4) is 0 Å². The van der Waals surface area contributed by atoms with Crippen LogP contribution in [0.5, 0.6) is 0 Å². The van der Waals surface area contributed by atoms with Crippen LogP contribution >= 0.6 is 0 Å². The van der Waals surface area contributed by atoms with E-state index < -0.39 is 0 Å². The van der Waals surface area contributed by atoms with E-state index in [4.69, 9.17) is 0 Å². The zero-order chi connectivity index (χ0) is 22.5. The molecule has 0 unspecified atom stereocenters. The standard InChI is InChI=1S/C26H26FN3O2/c1-19(21-7-3-2-4-8-21)28-25(31)22-9-5-10-24(17-22)30-16-6-15-29(26(30)32)18-20-11-13-23(27)14-12-20/h2-5,7-14,17,19H,6,15-16,18H2,1H3,(H,28,31)/t19-/m0/s1. The van der Waals surface area contributed by atoms with Gasteiger partial charge in [-0.3, -0.25) is 9.69 Å². The van der Waals surface area contributed by atoms with Crippen LogP contribution in [-0.4, -0.2) is 29.9 Å². The summed E-state index contributed by atoms with van der Waals surface area (Å²) in [6.45, 7) is 3.59. The van der Waals surface area contributed by atoms with Crippen LogP contribution in [0.25, 0.3) is 0 Å². The van der Waals surface area contributed by atoms with Crippen molar-refractivity contribution in [2.75, 3.05) is 18.0 Å². The van der Waals surface area contributed by atoms with Crippen LogP contribution < -0.4 is 10.2 Å². The van der Waals surface area contributed by atoms with Gasteiger partial charge in [0.05, 0.1) is 6.04 Å². The Bertz CT molecular complexity index is 1090. The van der Waals surface area contributed by atoms with Crippen LogP contribution in [0.15, 0.2) is 78.9 Å². The highest BCUT2D eigenvalue weighted by atomic mass is 19.1. The summed E-state index contributed by atoms with van der Waals surface area (Å²) in [5, 5.41) is 3.02. The van der Waals surface area contributed by atoms with E-state index in [1.807, 2.05) is 43.3 Å². The van der Waals surface area contributed by atoms with Crippen molar-refractivity contribution in [3.63, 3.8) is 0 Å². The minimum Gasteiger partial charge on any atom is -0.346 e. The Balaban J connectivity index is 1.46. The van der Waals surface area contributed by atoms with Gasteiger partial charge in [-0.1, -0.05) is 48.5 Å². The van der Waals surface area contributed by atoms with Gasteiger partial charge in [-0.15, -0.1) is 0 Å². The van der Waals surface area contributed by atoms with Gasteiger partial charge in [-0.05, 0) is 54.8 Å². The van der Waals surface area contributed by atoms with E-state index >= 15 is 0 Å². The zero-order valence-electron chi connectivity index (χ0n) is 18.0. The van der Waals surface area contributed by atoms with Crippen LogP contribution in [-0.2, 0) is 6.54 Å². The van der Waals surface area contributed by atoms with E-state index in [-0.39, 0.29) is 23.8 Å². The number of nitrogens with one attached hydrogen (secondary N) is 1. The van der Waals surface area contributed by atoms with Gasteiger partial charge >= 0.3 is 6.03 Å². The Kier molecular flexibility index (Phi) is 6.50. The lowest BCUT2D eigenvalue weighted by molar-refractivity contribution is 0.0940. The lowest BCUT2D eigenvalue weighted by Gasteiger charge is -2.36. The normalized spacial score (nSPS) is 14.9. The molecular weight excluding hydrogens is 405 g/mol. The molecular formula is C26H26FN3O2. The van der Waals surface area contributed by atoms with E-state index in [0.29, 0.717) is 30.9 Å². The van der Waals surface area contributed by atoms with Gasteiger partial charge in [0.15, 0.2) is 0 Å². The number of hydrogen-bond donors (Lipinski definition) is 1. The van der Waals surface area contributed by atoms with Crippen LogP contribution in [0, 0.1) is 5.82 Å². The minimum absolute atomic E-state index is 0.115. The second-order valence-corrected chi connectivity index (χ2v) is 7.99. The van der Waals surface area contributed by atoms with Crippen molar-refractivity contribution in [1.82, 2.24) is 10.2 Å². The SMILES string of the molecule is C[C@H](NC(=O)c1cccc(N2CCCN(Cc3ccc(F)cc3)C2=O)c1)c1ccccc1. The molecule has 1 aliphatic heterocycles. The van der Waals surface area contributed by atoms with Crippen molar-refractivity contribution < 1.29 is 14.0 Å². The summed E-state index contributed by atoms with van der Waals surface area (Å²) < 4.78 is 13.2. The van der Waals surface area contributed by atoms with Crippen LogP contribution in [0.3, 0.4) is 0 Å². The number of anilines is 1. The van der Waals surface area contributed by atoms with Crippen molar-refractivity contribution in [1.29, 1.82) is 0 Å². The first-order valence-electron chi connectivity index (χ1n) is 10.8. The summed E-state index contributed by atoms with van der Waals surface area (Å²) in [5.74, 6) is -0.479. The number of amides is 3. The molecule has 32 heavy (non-hydrogen) atoms. The van der Waals surface area contributed by atoms with Gasteiger partial charge < -0.3 is 10.2 Å². The molecule has 3 aromatic carbocycles. The van der Waals surface area contributed by atoms with E-state index in [9.17, 15) is 14.0 Å². The fourth-order valence-electron chi connectivity index (χ4n) is 3.90. The molecule has 0 aliphatic carbocycles. The van der Waals surface area contributed by atoms with Crippen molar-refractivity contribution in [3.05, 3.63) is 101 Å². The maximum absolute atomic E-state index is 13.2. The van der Waals surface area contributed by atoms with Crippen molar-refractivity contribution >= 4 is 17.6 Å². The predicted molar refractivity (Wildman–Crippen MR) is 123 cm³/mol. The number of carbonyl (C=O) groups excluding carboxylic acids is 2. The highest BCUT2D eigenvalue weighted by Crippen LogP contribution is 2.23. The molecule has 3 aromatic rings. The van der Waals surface area contributed by atoms with Gasteiger partial charge in [-0.25, -0.2) is 9.18 Å². The molecule has 0 radical (unpaired) electrons. The summed E-state index contributed by atoms with van der Waals surface area (Å²) >= 11 is 0. The number of benzene rings is 3. The highest BCUT2D eigenvalue weighted by molar-refractivity contribution is 5.98. The molecule has 0 saturated carbocycles. The first-order valence-corrected chi connectivity index (χ1v) is 10.8. The fourth-order valence-corrected chi connectivity index (χ4v) is 3.90. The summed E-state index contributed by atoms with van der Waals surface area (Å²) in [7, 11) is 0. The Labute approximate surface area is 187 Å². The molecule has 1 atom stereocenters. The molecule has 0 spiro atoms. The lowest BCUT2D eigenvalue weighted by Crippen LogP contribution is -2.49. The van der Waals surface area contributed by atoms with Crippen LogP contribution in [0.2, 0.25) is 0 Å². The number of rotatable bonds is 6. The summed E-state index contributed by atoms with van der Waals surface area (Å²) in [5.41, 5.74) is 3.11. The van der Waals surface area contributed by atoms with Gasteiger partial charge in [-0.2, -0.15) is 0 Å². The van der Waals surface area contributed by atoms with E-state index in [1.54, 1.807) is 40.1 Å². The second kappa shape index (κ2) is 9.64. The van der Waals surface area contributed by atoms with E-state index in [1.165, 1.54) is 12.1 Å². The molecule has 0 bridgehead atoms. The Morgan fingerprint density at radius 1 is 1.00 bits per heavy atom. The quantitative estimate of drug-likeness (QED) is 0.587. The Morgan fingerprint density at radius 2 is 1.75 bits per heavy atom. The third-order valence-electron chi connectivity index (χ3n) is 5.67. The zero-order valence-corrected chi connectivity index (χ0v) is 18.0. The average Bonchev–Trinajstić information content (AvgIpc) is 2.82. The minimum atomic E-state index is -0.294. The summed E-state index contributed by atoms with van der Waals surface area (Å²) in [6, 6.07) is 22.9. The molecule has 3 amide bonds. The van der Waals surface area contributed by atoms with Gasteiger partial charge in [0.25, 0.3) is 5.91 Å². The lowest BCUT2D eigenvalue weighted by atomic mass is 10.1. The van der Waals surface area contributed by atoms with Crippen LogP contribution in [0.4, 0.5) is 14.9 Å². The Hall–Kier alpha value is -3.67. The highest BCUT2D eigenvalue weighted by Gasteiger charge is 2.27.